The summed E-state index contributed by atoms with van der Waals surface area (Å²) in [5.41, 5.74) is 1.46. The normalized spacial score (nSPS) is 15.0. The highest BCUT2D eigenvalue weighted by Gasteiger charge is 2.41. The highest BCUT2D eigenvalue weighted by molar-refractivity contribution is 7.89. The zero-order valence-corrected chi connectivity index (χ0v) is 21.8. The SMILES string of the molecule is Cc1ccc(S(=O)(=O)N[C@@H](C)c2cc(Cl)ccc2O[P@](=O)(c2ccccc2)C(C)(C)C)cc1. The number of sulfonamides is 1. The molecule has 33 heavy (non-hydrogen) atoms. The van der Waals surface area contributed by atoms with Gasteiger partial charge in [-0.05, 0) is 77.1 Å². The number of hydrogen-bond acceptors (Lipinski definition) is 4. The summed E-state index contributed by atoms with van der Waals surface area (Å²) in [4.78, 5) is 0.161. The van der Waals surface area contributed by atoms with Gasteiger partial charge in [0.2, 0.25) is 10.0 Å². The van der Waals surface area contributed by atoms with Crippen molar-refractivity contribution in [3.63, 3.8) is 0 Å². The molecule has 0 aliphatic carbocycles. The summed E-state index contributed by atoms with van der Waals surface area (Å²) < 4.78 is 49.1. The summed E-state index contributed by atoms with van der Waals surface area (Å²) in [5.74, 6) is 0.320. The topological polar surface area (TPSA) is 72.5 Å². The molecule has 0 spiro atoms. The molecule has 0 bridgehead atoms. The summed E-state index contributed by atoms with van der Waals surface area (Å²) in [7, 11) is -7.19. The number of rotatable bonds is 7. The van der Waals surface area contributed by atoms with Crippen LogP contribution in [-0.2, 0) is 14.6 Å². The first-order valence-corrected chi connectivity index (χ1v) is 14.1. The van der Waals surface area contributed by atoms with Crippen LogP contribution in [0, 0.1) is 6.92 Å². The summed E-state index contributed by atoms with van der Waals surface area (Å²) in [5, 5.41) is 0.311. The van der Waals surface area contributed by atoms with Crippen molar-refractivity contribution in [3.8, 4) is 5.75 Å². The Bertz CT molecular complexity index is 1270. The number of nitrogens with one attached hydrogen (secondary N) is 1. The van der Waals surface area contributed by atoms with E-state index < -0.39 is 28.6 Å². The first-order valence-electron chi connectivity index (χ1n) is 10.6. The zero-order chi connectivity index (χ0) is 24.4. The van der Waals surface area contributed by atoms with Gasteiger partial charge in [0.25, 0.3) is 7.37 Å². The molecule has 1 N–H and O–H groups in total. The van der Waals surface area contributed by atoms with Gasteiger partial charge in [0.05, 0.1) is 10.1 Å². The molecule has 0 unspecified atom stereocenters. The molecule has 0 aromatic heterocycles. The van der Waals surface area contributed by atoms with Crippen molar-refractivity contribution in [1.29, 1.82) is 0 Å². The smallest absolute Gasteiger partial charge is 0.282 e. The Hall–Kier alpha value is -2.11. The summed E-state index contributed by atoms with van der Waals surface area (Å²) in [6, 6.07) is 19.9. The lowest BCUT2D eigenvalue weighted by Crippen LogP contribution is -2.29. The van der Waals surface area contributed by atoms with Crippen LogP contribution in [0.1, 0.15) is 44.9 Å². The van der Waals surface area contributed by atoms with Crippen LogP contribution >= 0.6 is 19.0 Å². The molecule has 3 aromatic carbocycles. The van der Waals surface area contributed by atoms with Crippen molar-refractivity contribution in [2.24, 2.45) is 0 Å². The minimum Gasteiger partial charge on any atom is -0.439 e. The highest BCUT2D eigenvalue weighted by Crippen LogP contribution is 2.58. The number of halogens is 1. The Balaban J connectivity index is 2.01. The van der Waals surface area contributed by atoms with Crippen molar-refractivity contribution in [3.05, 3.63) is 88.9 Å². The van der Waals surface area contributed by atoms with Gasteiger partial charge < -0.3 is 4.52 Å². The molecule has 0 aliphatic heterocycles. The maximum Gasteiger partial charge on any atom is 0.282 e. The fourth-order valence-corrected chi connectivity index (χ4v) is 6.93. The predicted octanol–water partition coefficient (Wildman–Crippen LogP) is 6.47. The van der Waals surface area contributed by atoms with Crippen molar-refractivity contribution in [1.82, 2.24) is 4.72 Å². The number of hydrogen-bond donors (Lipinski definition) is 1. The molecule has 8 heteroatoms. The summed E-state index contributed by atoms with van der Waals surface area (Å²) in [6.07, 6.45) is 0. The van der Waals surface area contributed by atoms with E-state index in [9.17, 15) is 13.0 Å². The average molecular weight is 506 g/mol. The lowest BCUT2D eigenvalue weighted by Gasteiger charge is -2.32. The second-order valence-electron chi connectivity index (χ2n) is 8.99. The van der Waals surface area contributed by atoms with Crippen LogP contribution in [0.25, 0.3) is 0 Å². The number of aryl methyl sites for hydroxylation is 1. The standard InChI is InChI=1S/C25H29ClNO4PS/c1-18-11-14-22(15-12-18)33(29,30)27-19(2)23-17-20(26)13-16-24(23)31-32(28,25(3,4)5)21-9-7-6-8-10-21/h6-17,19,27H,1-5H3/t19-,32+/m0/s1. The largest absolute Gasteiger partial charge is 0.439 e. The van der Waals surface area contributed by atoms with Gasteiger partial charge in [-0.3, -0.25) is 4.57 Å². The molecule has 0 heterocycles. The predicted molar refractivity (Wildman–Crippen MR) is 135 cm³/mol. The Morgan fingerprint density at radius 2 is 1.58 bits per heavy atom. The minimum absolute atomic E-state index is 0.161. The second kappa shape index (κ2) is 9.63. The molecule has 176 valence electrons. The van der Waals surface area contributed by atoms with E-state index in [1.165, 1.54) is 0 Å². The lowest BCUT2D eigenvalue weighted by atomic mass is 10.1. The monoisotopic (exact) mass is 505 g/mol. The maximum absolute atomic E-state index is 14.2. The summed E-state index contributed by atoms with van der Waals surface area (Å²) >= 11 is 6.24. The Morgan fingerprint density at radius 3 is 2.15 bits per heavy atom. The molecule has 0 saturated carbocycles. The molecule has 0 radical (unpaired) electrons. The Labute approximate surface area is 201 Å². The van der Waals surface area contributed by atoms with Gasteiger partial charge >= 0.3 is 0 Å². The van der Waals surface area contributed by atoms with Crippen LogP contribution in [0.4, 0.5) is 0 Å². The number of benzene rings is 3. The second-order valence-corrected chi connectivity index (χ2v) is 14.3. The van der Waals surface area contributed by atoms with E-state index >= 15 is 0 Å². The van der Waals surface area contributed by atoms with Gasteiger partial charge in [0.1, 0.15) is 5.75 Å². The molecule has 0 fully saturated rings. The van der Waals surface area contributed by atoms with E-state index in [0.29, 0.717) is 21.6 Å². The maximum atomic E-state index is 14.2. The van der Waals surface area contributed by atoms with Crippen molar-refractivity contribution in [2.45, 2.75) is 50.7 Å². The van der Waals surface area contributed by atoms with E-state index in [-0.39, 0.29) is 4.90 Å². The Morgan fingerprint density at radius 1 is 0.970 bits per heavy atom. The highest BCUT2D eigenvalue weighted by atomic mass is 35.5. The van der Waals surface area contributed by atoms with E-state index in [4.69, 9.17) is 16.1 Å². The molecule has 3 rings (SSSR count). The third-order valence-electron chi connectivity index (χ3n) is 5.31. The van der Waals surface area contributed by atoms with Crippen molar-refractivity contribution in [2.75, 3.05) is 0 Å². The molecule has 0 saturated heterocycles. The van der Waals surface area contributed by atoms with Crippen LogP contribution in [0.2, 0.25) is 5.02 Å². The van der Waals surface area contributed by atoms with Gasteiger partial charge in [-0.25, -0.2) is 13.1 Å². The first-order chi connectivity index (χ1) is 15.3. The minimum atomic E-state index is -3.80. The van der Waals surface area contributed by atoms with Crippen LogP contribution in [0.15, 0.2) is 77.7 Å². The Kier molecular flexibility index (Phi) is 7.45. The fraction of sp³-hybridized carbons (Fsp3) is 0.280. The van der Waals surface area contributed by atoms with Gasteiger partial charge in [-0.1, -0.05) is 47.5 Å². The van der Waals surface area contributed by atoms with Crippen LogP contribution in [0.5, 0.6) is 5.75 Å². The van der Waals surface area contributed by atoms with Gasteiger partial charge in [-0.15, -0.1) is 0 Å². The zero-order valence-electron chi connectivity index (χ0n) is 19.4. The first kappa shape index (κ1) is 25.5. The van der Waals surface area contributed by atoms with Gasteiger partial charge in [0, 0.05) is 21.9 Å². The molecule has 0 amide bonds. The molecular formula is C25H29ClNO4PS. The third-order valence-corrected chi connectivity index (χ3v) is 10.3. The van der Waals surface area contributed by atoms with E-state index in [0.717, 1.165) is 5.56 Å². The molecule has 0 aliphatic rings. The fourth-order valence-electron chi connectivity index (χ4n) is 3.36. The molecule has 5 nitrogen and oxygen atoms in total. The lowest BCUT2D eigenvalue weighted by molar-refractivity contribution is 0.456. The summed E-state index contributed by atoms with van der Waals surface area (Å²) in [6.45, 7) is 9.18. The molecular weight excluding hydrogens is 477 g/mol. The van der Waals surface area contributed by atoms with Gasteiger partial charge in [0.15, 0.2) is 0 Å². The quantitative estimate of drug-likeness (QED) is 0.373. The van der Waals surface area contributed by atoms with Gasteiger partial charge in [-0.2, -0.15) is 0 Å². The van der Waals surface area contributed by atoms with Crippen LogP contribution < -0.4 is 14.6 Å². The molecule has 3 aromatic rings. The van der Waals surface area contributed by atoms with Crippen molar-refractivity contribution >= 4 is 34.3 Å². The van der Waals surface area contributed by atoms with Crippen LogP contribution in [-0.4, -0.2) is 13.6 Å². The van der Waals surface area contributed by atoms with E-state index in [1.807, 2.05) is 45.9 Å². The van der Waals surface area contributed by atoms with E-state index in [1.54, 1.807) is 61.5 Å². The van der Waals surface area contributed by atoms with E-state index in [2.05, 4.69) is 4.72 Å². The van der Waals surface area contributed by atoms with Crippen molar-refractivity contribution < 1.29 is 17.5 Å². The molecule has 2 atom stereocenters. The average Bonchev–Trinajstić information content (AvgIpc) is 2.74. The van der Waals surface area contributed by atoms with Crippen LogP contribution in [0.3, 0.4) is 0 Å². The third kappa shape index (κ3) is 5.70.